The second kappa shape index (κ2) is 9.22. The van der Waals surface area contributed by atoms with Crippen LogP contribution in [-0.4, -0.2) is 74.9 Å². The summed E-state index contributed by atoms with van der Waals surface area (Å²) in [5.41, 5.74) is 0. The van der Waals surface area contributed by atoms with Gasteiger partial charge >= 0.3 is 19.8 Å². The Morgan fingerprint density at radius 3 is 1.91 bits per heavy atom. The lowest BCUT2D eigenvalue weighted by Crippen LogP contribution is -2.37. The first kappa shape index (κ1) is 21.0. The van der Waals surface area contributed by atoms with Gasteiger partial charge in [0.2, 0.25) is 0 Å². The van der Waals surface area contributed by atoms with Gasteiger partial charge in [0.15, 0.2) is 0 Å². The Hall–Kier alpha value is -0.990. The van der Waals surface area contributed by atoms with Crippen LogP contribution in [0.5, 0.6) is 0 Å². The van der Waals surface area contributed by atoms with Gasteiger partial charge in [-0.1, -0.05) is 0 Å². The van der Waals surface area contributed by atoms with Crippen LogP contribution in [0.25, 0.3) is 0 Å². The molecule has 0 heterocycles. The topological polar surface area (TPSA) is 108 Å². The van der Waals surface area contributed by atoms with Crippen molar-refractivity contribution in [2.45, 2.75) is 20.0 Å². The second-order valence-electron chi connectivity index (χ2n) is 5.65. The summed E-state index contributed by atoms with van der Waals surface area (Å²) in [5, 5.41) is 0. The molecule has 22 heavy (non-hydrogen) atoms. The van der Waals surface area contributed by atoms with E-state index in [0.717, 1.165) is 0 Å². The van der Waals surface area contributed by atoms with E-state index in [1.807, 2.05) is 21.1 Å². The quantitative estimate of drug-likeness (QED) is 0.343. The number of hydrogen-bond donors (Lipinski definition) is 1. The van der Waals surface area contributed by atoms with Crippen LogP contribution >= 0.6 is 7.82 Å². The molecule has 0 saturated carbocycles. The highest BCUT2D eigenvalue weighted by Gasteiger charge is 2.29. The molecule has 0 aliphatic rings. The molecule has 9 nitrogen and oxygen atoms in total. The van der Waals surface area contributed by atoms with E-state index in [2.05, 4.69) is 0 Å². The van der Waals surface area contributed by atoms with Gasteiger partial charge in [-0.2, -0.15) is 0 Å². The summed E-state index contributed by atoms with van der Waals surface area (Å²) in [6.45, 7) is 2.20. The van der Waals surface area contributed by atoms with Crippen LogP contribution in [0.2, 0.25) is 0 Å². The summed E-state index contributed by atoms with van der Waals surface area (Å²) < 4.78 is 31.5. The number of phosphoric ester groups is 1. The van der Waals surface area contributed by atoms with Crippen LogP contribution in [0.4, 0.5) is 0 Å². The molecule has 0 aromatic rings. The van der Waals surface area contributed by atoms with E-state index in [4.69, 9.17) is 18.5 Å². The minimum atomic E-state index is -4.35. The fourth-order valence-corrected chi connectivity index (χ4v) is 2.05. The molecule has 1 N–H and O–H groups in total. The Balaban J connectivity index is 4.48. The number of likely N-dealkylation sites (N-methyl/N-ethyl adjacent to an activating group) is 1. The molecule has 0 aromatic heterocycles. The second-order valence-corrected chi connectivity index (χ2v) is 7.05. The van der Waals surface area contributed by atoms with Gasteiger partial charge in [-0.05, 0) is 0 Å². The Kier molecular flexibility index (Phi) is 8.80. The van der Waals surface area contributed by atoms with Gasteiger partial charge in [-0.15, -0.1) is 0 Å². The monoisotopic (exact) mass is 342 g/mol. The van der Waals surface area contributed by atoms with E-state index < -0.39 is 25.9 Å². The molecule has 0 aliphatic carbocycles. The molecule has 0 rings (SSSR count). The van der Waals surface area contributed by atoms with Crippen LogP contribution in [0.3, 0.4) is 0 Å². The Bertz CT molecular complexity index is 402. The van der Waals surface area contributed by atoms with E-state index >= 15 is 0 Å². The third kappa shape index (κ3) is 12.7. The lowest BCUT2D eigenvalue weighted by Gasteiger charge is -2.25. The number of quaternary nitrogens is 1. The molecule has 1 unspecified atom stereocenters. The zero-order chi connectivity index (χ0) is 17.4. The molecule has 0 fully saturated rings. The van der Waals surface area contributed by atoms with Crippen LogP contribution in [0.15, 0.2) is 0 Å². The van der Waals surface area contributed by atoms with Crippen molar-refractivity contribution in [3.63, 3.8) is 0 Å². The Labute approximate surface area is 130 Å². The van der Waals surface area contributed by atoms with E-state index in [-0.39, 0.29) is 19.8 Å². The zero-order valence-electron chi connectivity index (χ0n) is 13.6. The minimum Gasteiger partial charge on any atom is -0.463 e. The van der Waals surface area contributed by atoms with Crippen molar-refractivity contribution in [1.82, 2.24) is 0 Å². The number of hydrogen-bond acceptors (Lipinski definition) is 7. The fraction of sp³-hybridized carbons (Fsp3) is 0.833. The van der Waals surface area contributed by atoms with E-state index in [1.54, 1.807) is 0 Å². The molecule has 130 valence electrons. The van der Waals surface area contributed by atoms with Crippen LogP contribution in [-0.2, 0) is 32.7 Å². The third-order valence-electron chi connectivity index (χ3n) is 2.24. The highest BCUT2D eigenvalue weighted by molar-refractivity contribution is 7.47. The Morgan fingerprint density at radius 2 is 1.55 bits per heavy atom. The lowest BCUT2D eigenvalue weighted by atomic mass is 10.4. The average molecular weight is 342 g/mol. The summed E-state index contributed by atoms with van der Waals surface area (Å²) >= 11 is 0. The standard InChI is InChI=1S/C12H24NO8P/c1-10(14)18-8-12(9-19-11(2)15)21-22(16,17)20-7-6-13(3,4)5/h12H,6-9H2,1-5H3/p+1. The van der Waals surface area contributed by atoms with E-state index in [9.17, 15) is 19.0 Å². The van der Waals surface area contributed by atoms with Crippen LogP contribution in [0, 0.1) is 0 Å². The molecular formula is C12H25NO8P+. The molecule has 0 aromatic carbocycles. The SMILES string of the molecule is CC(=O)OCC(COC(C)=O)OP(=O)(O)OCC[N+](C)(C)C. The summed E-state index contributed by atoms with van der Waals surface area (Å²) in [6, 6.07) is 0. The summed E-state index contributed by atoms with van der Waals surface area (Å²) in [7, 11) is 1.35. The highest BCUT2D eigenvalue weighted by atomic mass is 31.2. The third-order valence-corrected chi connectivity index (χ3v) is 3.32. The van der Waals surface area contributed by atoms with Crippen molar-refractivity contribution in [2.24, 2.45) is 0 Å². The number of ether oxygens (including phenoxy) is 2. The largest absolute Gasteiger partial charge is 0.472 e. The normalized spacial score (nSPS) is 14.5. The number of nitrogens with zero attached hydrogens (tertiary/aromatic N) is 1. The first-order valence-corrected chi connectivity index (χ1v) is 8.14. The molecule has 0 bridgehead atoms. The highest BCUT2D eigenvalue weighted by Crippen LogP contribution is 2.44. The maximum absolute atomic E-state index is 11.8. The maximum Gasteiger partial charge on any atom is 0.472 e. The molecule has 0 amide bonds. The molecule has 10 heteroatoms. The smallest absolute Gasteiger partial charge is 0.463 e. The number of rotatable bonds is 10. The van der Waals surface area contributed by atoms with Crippen LogP contribution < -0.4 is 0 Å². The van der Waals surface area contributed by atoms with Gasteiger partial charge in [0.25, 0.3) is 0 Å². The first-order valence-electron chi connectivity index (χ1n) is 6.64. The fourth-order valence-electron chi connectivity index (χ4n) is 1.18. The number of carbonyl (C=O) groups is 2. The van der Waals surface area contributed by atoms with Gasteiger partial charge in [0, 0.05) is 13.8 Å². The summed E-state index contributed by atoms with van der Waals surface area (Å²) in [5.74, 6) is -1.18. The van der Waals surface area contributed by atoms with Crippen molar-refractivity contribution in [3.05, 3.63) is 0 Å². The first-order chi connectivity index (χ1) is 9.91. The van der Waals surface area contributed by atoms with Crippen molar-refractivity contribution >= 4 is 19.8 Å². The summed E-state index contributed by atoms with van der Waals surface area (Å²) in [4.78, 5) is 31.2. The number of esters is 2. The molecule has 0 aliphatic heterocycles. The predicted molar refractivity (Wildman–Crippen MR) is 76.8 cm³/mol. The Morgan fingerprint density at radius 1 is 1.09 bits per heavy atom. The molecular weight excluding hydrogens is 317 g/mol. The number of carbonyl (C=O) groups excluding carboxylic acids is 2. The van der Waals surface area contributed by atoms with Crippen molar-refractivity contribution in [3.8, 4) is 0 Å². The number of phosphoric acid groups is 1. The minimum absolute atomic E-state index is 0.00509. The van der Waals surface area contributed by atoms with Crippen LogP contribution in [0.1, 0.15) is 13.8 Å². The molecule has 1 atom stereocenters. The molecule has 0 radical (unpaired) electrons. The van der Waals surface area contributed by atoms with Gasteiger partial charge in [0.1, 0.15) is 32.5 Å². The van der Waals surface area contributed by atoms with Crippen molar-refractivity contribution < 1.29 is 42.1 Å². The maximum atomic E-state index is 11.8. The van der Waals surface area contributed by atoms with E-state index in [0.29, 0.717) is 11.0 Å². The van der Waals surface area contributed by atoms with E-state index in [1.165, 1.54) is 13.8 Å². The van der Waals surface area contributed by atoms with Crippen molar-refractivity contribution in [2.75, 3.05) is 47.5 Å². The van der Waals surface area contributed by atoms with Crippen molar-refractivity contribution in [1.29, 1.82) is 0 Å². The van der Waals surface area contributed by atoms with Gasteiger partial charge in [-0.3, -0.25) is 18.6 Å². The summed E-state index contributed by atoms with van der Waals surface area (Å²) in [6.07, 6.45) is -1.09. The zero-order valence-corrected chi connectivity index (χ0v) is 14.5. The molecule has 0 saturated heterocycles. The predicted octanol–water partition coefficient (Wildman–Crippen LogP) is 0.321. The molecule has 0 spiro atoms. The van der Waals surface area contributed by atoms with Gasteiger partial charge in [0.05, 0.1) is 21.1 Å². The van der Waals surface area contributed by atoms with Gasteiger partial charge < -0.3 is 18.9 Å². The van der Waals surface area contributed by atoms with Gasteiger partial charge in [-0.25, -0.2) is 4.57 Å². The lowest BCUT2D eigenvalue weighted by molar-refractivity contribution is -0.870. The average Bonchev–Trinajstić information content (AvgIpc) is 2.30.